The van der Waals surface area contributed by atoms with Crippen LogP contribution in [0.15, 0.2) is 0 Å². The number of carbonyl (C=O) groups excluding carboxylic acids is 2. The molecular formula is C7H8O4. The van der Waals surface area contributed by atoms with E-state index in [-0.39, 0.29) is 25.0 Å². The molecule has 0 heterocycles. The van der Waals surface area contributed by atoms with Gasteiger partial charge in [-0.25, -0.2) is 0 Å². The fourth-order valence-corrected chi connectivity index (χ4v) is 1.13. The van der Waals surface area contributed by atoms with Crippen molar-refractivity contribution < 1.29 is 19.5 Å². The molecule has 0 amide bonds. The van der Waals surface area contributed by atoms with Crippen LogP contribution in [0.5, 0.6) is 0 Å². The molecule has 4 heteroatoms. The number of Topliss-reactive ketones (excluding diaryl/α,β-unsaturated/α-hetero) is 2. The second-order valence-corrected chi connectivity index (χ2v) is 2.61. The summed E-state index contributed by atoms with van der Waals surface area (Å²) in [4.78, 5) is 31.8. The fourth-order valence-electron chi connectivity index (χ4n) is 1.13. The van der Waals surface area contributed by atoms with Gasteiger partial charge in [0.1, 0.15) is 11.7 Å². The largest absolute Gasteiger partial charge is 0.481 e. The van der Waals surface area contributed by atoms with E-state index in [1.54, 1.807) is 0 Å². The van der Waals surface area contributed by atoms with Gasteiger partial charge in [-0.1, -0.05) is 0 Å². The van der Waals surface area contributed by atoms with Crippen molar-refractivity contribution in [2.45, 2.75) is 19.3 Å². The topological polar surface area (TPSA) is 71.4 Å². The Kier molecular flexibility index (Phi) is 2.03. The minimum absolute atomic E-state index is 0.146. The summed E-state index contributed by atoms with van der Waals surface area (Å²) in [7, 11) is 0. The number of hydrogen-bond acceptors (Lipinski definition) is 3. The zero-order valence-electron chi connectivity index (χ0n) is 5.87. The maximum Gasteiger partial charge on any atom is 0.314 e. The molecule has 0 aromatic heterocycles. The molecule has 0 spiro atoms. The van der Waals surface area contributed by atoms with Crippen LogP contribution in [0.1, 0.15) is 19.3 Å². The Morgan fingerprint density at radius 3 is 2.55 bits per heavy atom. The summed E-state index contributed by atoms with van der Waals surface area (Å²) in [6.07, 6.45) is 0.201. The average Bonchev–Trinajstić information content (AvgIpc) is 1.85. The van der Waals surface area contributed by atoms with Crippen molar-refractivity contribution in [3.8, 4) is 0 Å². The molecule has 1 aliphatic rings. The fraction of sp³-hybridized carbons (Fsp3) is 0.571. The third-order valence-corrected chi connectivity index (χ3v) is 1.77. The smallest absolute Gasteiger partial charge is 0.314 e. The van der Waals surface area contributed by atoms with Gasteiger partial charge < -0.3 is 5.11 Å². The SMILES string of the molecule is O=C1CCC(C(=O)O)C(=O)C1. The molecule has 1 N–H and O–H groups in total. The van der Waals surface area contributed by atoms with Crippen molar-refractivity contribution in [2.75, 3.05) is 0 Å². The third kappa shape index (κ3) is 1.63. The van der Waals surface area contributed by atoms with Crippen molar-refractivity contribution in [3.63, 3.8) is 0 Å². The first-order valence-electron chi connectivity index (χ1n) is 3.38. The molecule has 1 aliphatic carbocycles. The van der Waals surface area contributed by atoms with Gasteiger partial charge in [0, 0.05) is 6.42 Å². The number of hydrogen-bond donors (Lipinski definition) is 1. The maximum absolute atomic E-state index is 10.8. The summed E-state index contributed by atoms with van der Waals surface area (Å²) in [5.41, 5.74) is 0. The van der Waals surface area contributed by atoms with Crippen molar-refractivity contribution >= 4 is 17.5 Å². The molecule has 1 fully saturated rings. The Bertz CT molecular complexity index is 218. The van der Waals surface area contributed by atoms with Crippen LogP contribution in [0.2, 0.25) is 0 Å². The average molecular weight is 156 g/mol. The van der Waals surface area contributed by atoms with Gasteiger partial charge in [0.2, 0.25) is 0 Å². The van der Waals surface area contributed by atoms with Gasteiger partial charge in [-0.15, -0.1) is 0 Å². The molecule has 1 atom stereocenters. The minimum Gasteiger partial charge on any atom is -0.481 e. The number of aliphatic carboxylic acids is 1. The Morgan fingerprint density at radius 2 is 2.09 bits per heavy atom. The second kappa shape index (κ2) is 2.82. The van der Waals surface area contributed by atoms with Crippen LogP contribution < -0.4 is 0 Å². The number of carbonyl (C=O) groups is 3. The molecule has 1 saturated carbocycles. The lowest BCUT2D eigenvalue weighted by atomic mass is 9.87. The lowest BCUT2D eigenvalue weighted by Crippen LogP contribution is -2.30. The van der Waals surface area contributed by atoms with E-state index in [1.807, 2.05) is 0 Å². The van der Waals surface area contributed by atoms with Gasteiger partial charge in [0.25, 0.3) is 0 Å². The first-order valence-corrected chi connectivity index (χ1v) is 3.38. The number of rotatable bonds is 1. The molecule has 0 aromatic carbocycles. The van der Waals surface area contributed by atoms with Crippen LogP contribution in [0.3, 0.4) is 0 Å². The number of ketones is 2. The third-order valence-electron chi connectivity index (χ3n) is 1.77. The van der Waals surface area contributed by atoms with E-state index in [9.17, 15) is 14.4 Å². The summed E-state index contributed by atoms with van der Waals surface area (Å²) >= 11 is 0. The molecule has 4 nitrogen and oxygen atoms in total. The van der Waals surface area contributed by atoms with Crippen molar-refractivity contribution in [1.82, 2.24) is 0 Å². The summed E-state index contributed by atoms with van der Waals surface area (Å²) in [5.74, 6) is -2.64. The monoisotopic (exact) mass is 156 g/mol. The minimum atomic E-state index is -1.11. The van der Waals surface area contributed by atoms with Crippen molar-refractivity contribution in [2.24, 2.45) is 5.92 Å². The zero-order valence-corrected chi connectivity index (χ0v) is 5.87. The number of carboxylic acid groups (broad SMARTS) is 1. The van der Waals surface area contributed by atoms with Crippen LogP contribution in [-0.4, -0.2) is 22.6 Å². The van der Waals surface area contributed by atoms with Crippen LogP contribution in [-0.2, 0) is 14.4 Å². The zero-order chi connectivity index (χ0) is 8.43. The van der Waals surface area contributed by atoms with Gasteiger partial charge >= 0.3 is 5.97 Å². The van der Waals surface area contributed by atoms with Crippen molar-refractivity contribution in [1.29, 1.82) is 0 Å². The number of carboxylic acids is 1. The van der Waals surface area contributed by atoms with Crippen LogP contribution in [0.25, 0.3) is 0 Å². The van der Waals surface area contributed by atoms with Gasteiger partial charge in [-0.05, 0) is 6.42 Å². The van der Waals surface area contributed by atoms with Crippen LogP contribution >= 0.6 is 0 Å². The quantitative estimate of drug-likeness (QED) is 0.543. The van der Waals surface area contributed by atoms with E-state index >= 15 is 0 Å². The summed E-state index contributed by atoms with van der Waals surface area (Å²) in [6, 6.07) is 0. The highest BCUT2D eigenvalue weighted by Crippen LogP contribution is 2.17. The van der Waals surface area contributed by atoms with Crippen LogP contribution in [0, 0.1) is 5.92 Å². The molecule has 0 aliphatic heterocycles. The molecule has 0 aromatic rings. The lowest BCUT2D eigenvalue weighted by Gasteiger charge is -2.14. The Morgan fingerprint density at radius 1 is 1.45 bits per heavy atom. The predicted molar refractivity (Wildman–Crippen MR) is 35.0 cm³/mol. The van der Waals surface area contributed by atoms with E-state index in [2.05, 4.69) is 0 Å². The van der Waals surface area contributed by atoms with Gasteiger partial charge in [-0.3, -0.25) is 14.4 Å². The Labute approximate surface area is 63.2 Å². The standard InChI is InChI=1S/C7H8O4/c8-4-1-2-5(7(10)11)6(9)3-4/h5H,1-3H2,(H,10,11). The summed E-state index contributed by atoms with van der Waals surface area (Å²) in [6.45, 7) is 0. The first-order chi connectivity index (χ1) is 5.11. The Balaban J connectivity index is 2.65. The molecule has 1 rings (SSSR count). The Hall–Kier alpha value is -1.19. The molecule has 60 valence electrons. The van der Waals surface area contributed by atoms with Crippen molar-refractivity contribution in [3.05, 3.63) is 0 Å². The maximum atomic E-state index is 10.8. The molecule has 1 unspecified atom stereocenters. The van der Waals surface area contributed by atoms with E-state index in [1.165, 1.54) is 0 Å². The van der Waals surface area contributed by atoms with E-state index < -0.39 is 17.7 Å². The van der Waals surface area contributed by atoms with Gasteiger partial charge in [0.05, 0.1) is 6.42 Å². The molecule has 11 heavy (non-hydrogen) atoms. The van der Waals surface area contributed by atoms with Gasteiger partial charge in [0.15, 0.2) is 5.78 Å². The van der Waals surface area contributed by atoms with Crippen LogP contribution in [0.4, 0.5) is 0 Å². The normalized spacial score (nSPS) is 25.3. The molecule has 0 bridgehead atoms. The van der Waals surface area contributed by atoms with Gasteiger partial charge in [-0.2, -0.15) is 0 Å². The van der Waals surface area contributed by atoms with E-state index in [0.717, 1.165) is 0 Å². The summed E-state index contributed by atoms with van der Waals surface area (Å²) < 4.78 is 0. The van der Waals surface area contributed by atoms with E-state index in [0.29, 0.717) is 0 Å². The second-order valence-electron chi connectivity index (χ2n) is 2.61. The van der Waals surface area contributed by atoms with E-state index in [4.69, 9.17) is 5.11 Å². The first kappa shape index (κ1) is 7.91. The highest BCUT2D eigenvalue weighted by molar-refractivity contribution is 6.09. The highest BCUT2D eigenvalue weighted by Gasteiger charge is 2.31. The predicted octanol–water partition coefficient (Wildman–Crippen LogP) is 0.00930. The molecule has 0 radical (unpaired) electrons. The summed E-state index contributed by atoms with van der Waals surface area (Å²) in [5, 5.41) is 8.46. The molecule has 0 saturated heterocycles. The highest BCUT2D eigenvalue weighted by atomic mass is 16.4. The lowest BCUT2D eigenvalue weighted by molar-refractivity contribution is -0.148. The molecular weight excluding hydrogens is 148 g/mol.